The fraction of sp³-hybridized carbons (Fsp3) is 0.357. The summed E-state index contributed by atoms with van der Waals surface area (Å²) in [4.78, 5) is 9.96. The number of halogens is 1. The van der Waals surface area contributed by atoms with E-state index < -0.39 is 10.7 Å². The Bertz CT molecular complexity index is 661. The van der Waals surface area contributed by atoms with Crippen LogP contribution in [0.25, 0.3) is 5.69 Å². The first-order valence-electron chi connectivity index (χ1n) is 6.50. The fourth-order valence-electron chi connectivity index (χ4n) is 1.74. The number of rotatable bonds is 4. The molecule has 112 valence electrons. The minimum Gasteiger partial charge on any atom is -0.306 e. The normalized spacial score (nSPS) is 11.6. The molecule has 1 heterocycles. The molecular formula is C14H17FN4O2. The highest BCUT2D eigenvalue weighted by molar-refractivity contribution is 5.42. The molecule has 2 aromatic rings. The van der Waals surface area contributed by atoms with Gasteiger partial charge < -0.3 is 5.32 Å². The first kappa shape index (κ1) is 15.1. The summed E-state index contributed by atoms with van der Waals surface area (Å²) in [5, 5.41) is 18.1. The first-order valence-corrected chi connectivity index (χ1v) is 6.50. The number of aromatic nitrogens is 2. The lowest BCUT2D eigenvalue weighted by Gasteiger charge is -2.19. The van der Waals surface area contributed by atoms with Crippen LogP contribution in [-0.4, -0.2) is 20.2 Å². The number of nitrogens with one attached hydrogen (secondary N) is 1. The number of nitro benzene ring substituents is 1. The van der Waals surface area contributed by atoms with Gasteiger partial charge in [0.25, 0.3) is 5.69 Å². The third-order valence-corrected chi connectivity index (χ3v) is 2.83. The molecule has 0 amide bonds. The largest absolute Gasteiger partial charge is 0.306 e. The van der Waals surface area contributed by atoms with Gasteiger partial charge in [-0.05, 0) is 32.9 Å². The average molecular weight is 292 g/mol. The molecule has 0 aliphatic carbocycles. The van der Waals surface area contributed by atoms with Crippen molar-refractivity contribution >= 4 is 5.69 Å². The Morgan fingerprint density at radius 1 is 1.38 bits per heavy atom. The molecule has 21 heavy (non-hydrogen) atoms. The van der Waals surface area contributed by atoms with Crippen molar-refractivity contribution in [2.45, 2.75) is 32.9 Å². The van der Waals surface area contributed by atoms with Crippen molar-refractivity contribution < 1.29 is 9.31 Å². The van der Waals surface area contributed by atoms with Gasteiger partial charge in [0, 0.05) is 24.3 Å². The van der Waals surface area contributed by atoms with Crippen LogP contribution in [0.2, 0.25) is 0 Å². The zero-order chi connectivity index (χ0) is 15.6. The summed E-state index contributed by atoms with van der Waals surface area (Å²) in [5.41, 5.74) is 0.630. The minimum absolute atomic E-state index is 0.0393. The maximum absolute atomic E-state index is 13.9. The van der Waals surface area contributed by atoms with Gasteiger partial charge in [0.1, 0.15) is 5.69 Å². The Balaban J connectivity index is 2.20. The van der Waals surface area contributed by atoms with Gasteiger partial charge in [0.2, 0.25) is 0 Å². The maximum atomic E-state index is 13.9. The molecule has 1 aromatic carbocycles. The number of hydrogen-bond acceptors (Lipinski definition) is 4. The topological polar surface area (TPSA) is 73.0 Å². The van der Waals surface area contributed by atoms with Crippen LogP contribution in [-0.2, 0) is 6.54 Å². The SMILES string of the molecule is CC(C)(C)NCc1ccn(-c2ccc([N+](=O)[O-])cc2F)n1. The zero-order valence-electron chi connectivity index (χ0n) is 12.1. The Morgan fingerprint density at radius 3 is 2.67 bits per heavy atom. The minimum atomic E-state index is -0.678. The molecule has 0 radical (unpaired) electrons. The van der Waals surface area contributed by atoms with Gasteiger partial charge in [0.05, 0.1) is 16.7 Å². The lowest BCUT2D eigenvalue weighted by Crippen LogP contribution is -2.35. The molecule has 2 rings (SSSR count). The van der Waals surface area contributed by atoms with Gasteiger partial charge >= 0.3 is 0 Å². The Labute approximate surface area is 121 Å². The molecular weight excluding hydrogens is 275 g/mol. The highest BCUT2D eigenvalue weighted by Gasteiger charge is 2.14. The zero-order valence-corrected chi connectivity index (χ0v) is 12.1. The number of hydrogen-bond donors (Lipinski definition) is 1. The van der Waals surface area contributed by atoms with Crippen LogP contribution >= 0.6 is 0 Å². The molecule has 1 N–H and O–H groups in total. The standard InChI is InChI=1S/C14H17FN4O2/c1-14(2,3)16-9-10-6-7-18(17-10)13-5-4-11(19(20)21)8-12(13)15/h4-8,16H,9H2,1-3H3. The first-order chi connectivity index (χ1) is 9.76. The van der Waals surface area contributed by atoms with E-state index in [0.717, 1.165) is 11.8 Å². The van der Waals surface area contributed by atoms with Crippen molar-refractivity contribution in [1.29, 1.82) is 0 Å². The summed E-state index contributed by atoms with van der Waals surface area (Å²) in [7, 11) is 0. The van der Waals surface area contributed by atoms with Gasteiger partial charge in [-0.1, -0.05) is 0 Å². The van der Waals surface area contributed by atoms with E-state index >= 15 is 0 Å². The lowest BCUT2D eigenvalue weighted by atomic mass is 10.1. The van der Waals surface area contributed by atoms with E-state index in [1.165, 1.54) is 16.8 Å². The molecule has 0 fully saturated rings. The lowest BCUT2D eigenvalue weighted by molar-refractivity contribution is -0.385. The quantitative estimate of drug-likeness (QED) is 0.694. The summed E-state index contributed by atoms with van der Waals surface area (Å²) < 4.78 is 15.3. The molecule has 0 aliphatic heterocycles. The molecule has 1 aromatic heterocycles. The summed E-state index contributed by atoms with van der Waals surface area (Å²) >= 11 is 0. The van der Waals surface area contributed by atoms with Crippen LogP contribution in [0.15, 0.2) is 30.5 Å². The second-order valence-electron chi connectivity index (χ2n) is 5.75. The van der Waals surface area contributed by atoms with E-state index in [2.05, 4.69) is 10.4 Å². The Kier molecular flexibility index (Phi) is 4.04. The van der Waals surface area contributed by atoms with Crippen molar-refractivity contribution in [1.82, 2.24) is 15.1 Å². The van der Waals surface area contributed by atoms with E-state index in [9.17, 15) is 14.5 Å². The van der Waals surface area contributed by atoms with Crippen molar-refractivity contribution in [3.05, 3.63) is 52.1 Å². The van der Waals surface area contributed by atoms with Crippen molar-refractivity contribution in [3.63, 3.8) is 0 Å². The number of nitro groups is 1. The highest BCUT2D eigenvalue weighted by atomic mass is 19.1. The Hall–Kier alpha value is -2.28. The van der Waals surface area contributed by atoms with Crippen LogP contribution in [0, 0.1) is 15.9 Å². The number of non-ortho nitro benzene ring substituents is 1. The Morgan fingerprint density at radius 2 is 2.10 bits per heavy atom. The predicted octanol–water partition coefficient (Wildman–Crippen LogP) is 2.81. The summed E-state index contributed by atoms with van der Waals surface area (Å²) in [5.74, 6) is -0.678. The molecule has 0 saturated carbocycles. The smallest absolute Gasteiger partial charge is 0.272 e. The van der Waals surface area contributed by atoms with Crippen LogP contribution in [0.1, 0.15) is 26.5 Å². The van der Waals surface area contributed by atoms with Gasteiger partial charge in [-0.15, -0.1) is 0 Å². The third kappa shape index (κ3) is 3.85. The fourth-order valence-corrected chi connectivity index (χ4v) is 1.74. The second-order valence-corrected chi connectivity index (χ2v) is 5.75. The predicted molar refractivity (Wildman–Crippen MR) is 76.8 cm³/mol. The van der Waals surface area contributed by atoms with Crippen LogP contribution in [0.4, 0.5) is 10.1 Å². The number of nitrogens with zero attached hydrogens (tertiary/aromatic N) is 3. The van der Waals surface area contributed by atoms with Crippen molar-refractivity contribution in [3.8, 4) is 5.69 Å². The van der Waals surface area contributed by atoms with Crippen LogP contribution in [0.5, 0.6) is 0 Å². The molecule has 0 aliphatic rings. The average Bonchev–Trinajstić information content (AvgIpc) is 2.84. The summed E-state index contributed by atoms with van der Waals surface area (Å²) in [6.07, 6.45) is 1.63. The highest BCUT2D eigenvalue weighted by Crippen LogP contribution is 2.19. The maximum Gasteiger partial charge on any atom is 0.272 e. The van der Waals surface area contributed by atoms with E-state index in [1.807, 2.05) is 20.8 Å². The van der Waals surface area contributed by atoms with E-state index in [1.54, 1.807) is 12.3 Å². The molecule has 0 atom stereocenters. The van der Waals surface area contributed by atoms with Gasteiger partial charge in [-0.2, -0.15) is 5.10 Å². The van der Waals surface area contributed by atoms with Gasteiger partial charge in [-0.25, -0.2) is 9.07 Å². The van der Waals surface area contributed by atoms with E-state index in [-0.39, 0.29) is 16.9 Å². The van der Waals surface area contributed by atoms with Crippen molar-refractivity contribution in [2.75, 3.05) is 0 Å². The van der Waals surface area contributed by atoms with Gasteiger partial charge in [0.15, 0.2) is 5.82 Å². The molecule has 0 spiro atoms. The molecule has 0 bridgehead atoms. The van der Waals surface area contributed by atoms with Crippen molar-refractivity contribution in [2.24, 2.45) is 0 Å². The monoisotopic (exact) mass is 292 g/mol. The van der Waals surface area contributed by atoms with Crippen LogP contribution < -0.4 is 5.32 Å². The molecule has 7 heteroatoms. The second kappa shape index (κ2) is 5.61. The van der Waals surface area contributed by atoms with Crippen LogP contribution in [0.3, 0.4) is 0 Å². The summed E-state index contributed by atoms with van der Waals surface area (Å²) in [6.45, 7) is 6.69. The number of benzene rings is 1. The molecule has 0 saturated heterocycles. The molecule has 0 unspecified atom stereocenters. The van der Waals surface area contributed by atoms with Gasteiger partial charge in [-0.3, -0.25) is 10.1 Å². The molecule has 6 nitrogen and oxygen atoms in total. The van der Waals surface area contributed by atoms with E-state index in [0.29, 0.717) is 6.54 Å². The third-order valence-electron chi connectivity index (χ3n) is 2.83. The summed E-state index contributed by atoms with van der Waals surface area (Å²) in [6, 6.07) is 5.28. The van der Waals surface area contributed by atoms with E-state index in [4.69, 9.17) is 0 Å².